The van der Waals surface area contributed by atoms with Gasteiger partial charge < -0.3 is 5.11 Å². The Bertz CT molecular complexity index is 76.0. The maximum Gasteiger partial charge on any atom is 0.0540 e. The smallest absolute Gasteiger partial charge is 0.0540 e. The third-order valence-electron chi connectivity index (χ3n) is 1.81. The molecule has 1 N–H and O–H groups in total. The number of aliphatic hydroxyl groups is 1. The second-order valence-corrected chi connectivity index (χ2v) is 3.36. The van der Waals surface area contributed by atoms with Crippen LogP contribution in [0.2, 0.25) is 0 Å². The number of halogens is 1. The third kappa shape index (κ3) is 8.15. The Labute approximate surface area is 74.8 Å². The summed E-state index contributed by atoms with van der Waals surface area (Å²) >= 11 is 5.51. The van der Waals surface area contributed by atoms with E-state index in [2.05, 4.69) is 6.92 Å². The molecule has 0 spiro atoms. The summed E-state index contributed by atoms with van der Waals surface area (Å²) in [6.07, 6.45) is 6.21. The van der Waals surface area contributed by atoms with Gasteiger partial charge in [-0.15, -0.1) is 11.6 Å². The van der Waals surface area contributed by atoms with Gasteiger partial charge in [0.2, 0.25) is 0 Å². The minimum absolute atomic E-state index is 0.0850. The fraction of sp³-hybridized carbons (Fsp3) is 1.00. The van der Waals surface area contributed by atoms with Gasteiger partial charge in [-0.3, -0.25) is 0 Å². The molecule has 0 fully saturated rings. The normalized spacial score (nSPS) is 13.4. The van der Waals surface area contributed by atoms with Crippen LogP contribution in [0.25, 0.3) is 0 Å². The number of hydrogen-bond donors (Lipinski definition) is 1. The van der Waals surface area contributed by atoms with Crippen molar-refractivity contribution in [3.63, 3.8) is 0 Å². The molecule has 0 rings (SSSR count). The van der Waals surface area contributed by atoms with Gasteiger partial charge in [0.15, 0.2) is 0 Å². The second kappa shape index (κ2) is 8.35. The molecule has 0 radical (unpaired) electrons. The van der Waals surface area contributed by atoms with Crippen LogP contribution in [0.15, 0.2) is 0 Å². The first kappa shape index (κ1) is 11.2. The molecule has 0 saturated carbocycles. The highest BCUT2D eigenvalue weighted by atomic mass is 35.5. The summed E-state index contributed by atoms with van der Waals surface area (Å²) < 4.78 is 0. The second-order valence-electron chi connectivity index (χ2n) is 2.98. The Morgan fingerprint density at radius 3 is 2.36 bits per heavy atom. The third-order valence-corrected chi connectivity index (χ3v) is 2.08. The first-order valence-corrected chi connectivity index (χ1v) is 5.08. The zero-order chi connectivity index (χ0) is 8.53. The molecule has 0 aliphatic carbocycles. The zero-order valence-electron chi connectivity index (χ0n) is 7.35. The molecule has 1 nitrogen and oxygen atoms in total. The van der Waals surface area contributed by atoms with Crippen LogP contribution in [0, 0.1) is 0 Å². The van der Waals surface area contributed by atoms with Gasteiger partial charge in [0.25, 0.3) is 0 Å². The first-order chi connectivity index (χ1) is 5.31. The summed E-state index contributed by atoms with van der Waals surface area (Å²) in [5, 5.41) is 9.36. The van der Waals surface area contributed by atoms with E-state index in [-0.39, 0.29) is 6.10 Å². The highest BCUT2D eigenvalue weighted by molar-refractivity contribution is 6.17. The molecule has 2 heteroatoms. The highest BCUT2D eigenvalue weighted by Gasteiger charge is 2.01. The lowest BCUT2D eigenvalue weighted by Crippen LogP contribution is -2.05. The van der Waals surface area contributed by atoms with Gasteiger partial charge in [-0.1, -0.05) is 19.8 Å². The maximum atomic E-state index is 9.36. The van der Waals surface area contributed by atoms with E-state index < -0.39 is 0 Å². The van der Waals surface area contributed by atoms with E-state index in [0.29, 0.717) is 0 Å². The van der Waals surface area contributed by atoms with E-state index in [9.17, 15) is 5.11 Å². The van der Waals surface area contributed by atoms with Gasteiger partial charge in [-0.2, -0.15) is 0 Å². The summed E-state index contributed by atoms with van der Waals surface area (Å²) in [6, 6.07) is 0. The molecule has 68 valence electrons. The number of rotatable bonds is 7. The van der Waals surface area contributed by atoms with Crippen molar-refractivity contribution >= 4 is 11.6 Å². The Morgan fingerprint density at radius 2 is 1.82 bits per heavy atom. The van der Waals surface area contributed by atoms with E-state index >= 15 is 0 Å². The number of hydrogen-bond acceptors (Lipinski definition) is 1. The van der Waals surface area contributed by atoms with Crippen molar-refractivity contribution < 1.29 is 5.11 Å². The fourth-order valence-electron chi connectivity index (χ4n) is 1.06. The zero-order valence-corrected chi connectivity index (χ0v) is 8.11. The van der Waals surface area contributed by atoms with Crippen LogP contribution in [0.1, 0.15) is 45.4 Å². The van der Waals surface area contributed by atoms with Crippen LogP contribution < -0.4 is 0 Å². The standard InChI is InChI=1S/C9H19ClO/c1-2-3-6-9(11)7-4-5-8-10/h9,11H,2-8H2,1H3. The van der Waals surface area contributed by atoms with Crippen molar-refractivity contribution in [2.45, 2.75) is 51.6 Å². The topological polar surface area (TPSA) is 20.2 Å². The molecular formula is C9H19ClO. The van der Waals surface area contributed by atoms with E-state index in [4.69, 9.17) is 11.6 Å². The predicted molar refractivity (Wildman–Crippen MR) is 50.1 cm³/mol. The SMILES string of the molecule is CCCCC(O)CCCCCl. The summed E-state index contributed by atoms with van der Waals surface area (Å²) in [5.74, 6) is 0.723. The van der Waals surface area contributed by atoms with Crippen LogP contribution in [-0.2, 0) is 0 Å². The Hall–Kier alpha value is 0.250. The van der Waals surface area contributed by atoms with Crippen molar-refractivity contribution in [1.82, 2.24) is 0 Å². The average Bonchev–Trinajstić information content (AvgIpc) is 2.01. The summed E-state index contributed by atoms with van der Waals surface area (Å²) in [7, 11) is 0. The largest absolute Gasteiger partial charge is 0.393 e. The van der Waals surface area contributed by atoms with Gasteiger partial charge in [0.1, 0.15) is 0 Å². The Balaban J connectivity index is 3.02. The highest BCUT2D eigenvalue weighted by Crippen LogP contribution is 2.08. The summed E-state index contributed by atoms with van der Waals surface area (Å²) in [4.78, 5) is 0. The molecule has 0 saturated heterocycles. The van der Waals surface area contributed by atoms with E-state index in [1.807, 2.05) is 0 Å². The quantitative estimate of drug-likeness (QED) is 0.470. The Morgan fingerprint density at radius 1 is 1.18 bits per heavy atom. The first-order valence-electron chi connectivity index (χ1n) is 4.55. The Kier molecular flexibility index (Phi) is 8.54. The van der Waals surface area contributed by atoms with Crippen molar-refractivity contribution in [3.05, 3.63) is 0 Å². The van der Waals surface area contributed by atoms with Crippen LogP contribution in [-0.4, -0.2) is 17.1 Å². The molecule has 11 heavy (non-hydrogen) atoms. The molecule has 0 aromatic heterocycles. The minimum Gasteiger partial charge on any atom is -0.393 e. The number of aliphatic hydroxyl groups excluding tert-OH is 1. The van der Waals surface area contributed by atoms with Gasteiger partial charge in [0, 0.05) is 5.88 Å². The van der Waals surface area contributed by atoms with E-state index in [1.54, 1.807) is 0 Å². The lowest BCUT2D eigenvalue weighted by atomic mass is 10.1. The lowest BCUT2D eigenvalue weighted by Gasteiger charge is -2.07. The minimum atomic E-state index is -0.0850. The summed E-state index contributed by atoms with van der Waals surface area (Å²) in [5.41, 5.74) is 0. The van der Waals surface area contributed by atoms with Crippen molar-refractivity contribution in [2.24, 2.45) is 0 Å². The molecule has 0 aromatic carbocycles. The molecule has 0 aliphatic rings. The van der Waals surface area contributed by atoms with Crippen LogP contribution in [0.5, 0.6) is 0 Å². The fourth-order valence-corrected chi connectivity index (χ4v) is 1.25. The van der Waals surface area contributed by atoms with Gasteiger partial charge >= 0.3 is 0 Å². The number of unbranched alkanes of at least 4 members (excludes halogenated alkanes) is 2. The van der Waals surface area contributed by atoms with E-state index in [0.717, 1.165) is 38.0 Å². The molecule has 1 unspecified atom stereocenters. The van der Waals surface area contributed by atoms with Crippen molar-refractivity contribution in [1.29, 1.82) is 0 Å². The maximum absolute atomic E-state index is 9.36. The van der Waals surface area contributed by atoms with Crippen LogP contribution in [0.3, 0.4) is 0 Å². The van der Waals surface area contributed by atoms with Gasteiger partial charge in [-0.05, 0) is 25.7 Å². The van der Waals surface area contributed by atoms with Gasteiger partial charge in [0.05, 0.1) is 6.10 Å². The molecular weight excluding hydrogens is 160 g/mol. The molecule has 0 amide bonds. The predicted octanol–water partition coefficient (Wildman–Crippen LogP) is 2.95. The monoisotopic (exact) mass is 178 g/mol. The van der Waals surface area contributed by atoms with Gasteiger partial charge in [-0.25, -0.2) is 0 Å². The van der Waals surface area contributed by atoms with E-state index in [1.165, 1.54) is 6.42 Å². The molecule has 0 bridgehead atoms. The van der Waals surface area contributed by atoms with Crippen LogP contribution in [0.4, 0.5) is 0 Å². The number of alkyl halides is 1. The van der Waals surface area contributed by atoms with Crippen molar-refractivity contribution in [2.75, 3.05) is 5.88 Å². The molecule has 0 heterocycles. The molecule has 0 aromatic rings. The average molecular weight is 179 g/mol. The molecule has 1 atom stereocenters. The van der Waals surface area contributed by atoms with Crippen molar-refractivity contribution in [3.8, 4) is 0 Å². The lowest BCUT2D eigenvalue weighted by molar-refractivity contribution is 0.149. The summed E-state index contributed by atoms with van der Waals surface area (Å²) in [6.45, 7) is 2.14. The molecule has 0 aliphatic heterocycles. The van der Waals surface area contributed by atoms with Crippen LogP contribution >= 0.6 is 11.6 Å².